The van der Waals surface area contributed by atoms with Gasteiger partial charge in [0, 0.05) is 42.3 Å². The fraction of sp³-hybridized carbons (Fsp3) is 0.231. The van der Waals surface area contributed by atoms with Gasteiger partial charge in [0.1, 0.15) is 5.65 Å². The Morgan fingerprint density at radius 2 is 1.74 bits per heavy atom. The molecule has 5 rings (SSSR count). The van der Waals surface area contributed by atoms with Crippen LogP contribution < -0.4 is 5.32 Å². The summed E-state index contributed by atoms with van der Waals surface area (Å²) in [6.07, 6.45) is 3.51. The van der Waals surface area contributed by atoms with Crippen molar-refractivity contribution in [2.24, 2.45) is 0 Å². The number of benzene rings is 2. The van der Waals surface area contributed by atoms with Gasteiger partial charge in [0.05, 0.1) is 22.8 Å². The highest BCUT2D eigenvalue weighted by atomic mass is 32.2. The van der Waals surface area contributed by atoms with E-state index in [1.54, 1.807) is 24.3 Å². The van der Waals surface area contributed by atoms with E-state index in [0.717, 1.165) is 16.9 Å². The van der Waals surface area contributed by atoms with Crippen LogP contribution in [0, 0.1) is 0 Å². The number of fused-ring (bicyclic) bond motifs is 1. The number of rotatable bonds is 5. The number of imidazole rings is 1. The molecule has 2 atom stereocenters. The number of morpholine rings is 1. The predicted octanol–water partition coefficient (Wildman–Crippen LogP) is 4.05. The first-order valence-corrected chi connectivity index (χ1v) is 12.8. The number of ether oxygens (including phenoxy) is 1. The zero-order valence-corrected chi connectivity index (χ0v) is 20.3. The van der Waals surface area contributed by atoms with Crippen molar-refractivity contribution >= 4 is 27.3 Å². The second-order valence-electron chi connectivity index (χ2n) is 8.73. The molecule has 9 heteroatoms. The van der Waals surface area contributed by atoms with E-state index in [9.17, 15) is 13.2 Å². The number of hydrogen-bond donors (Lipinski definition) is 1. The Kier molecular flexibility index (Phi) is 6.14. The van der Waals surface area contributed by atoms with Crippen molar-refractivity contribution in [3.05, 3.63) is 84.7 Å². The number of sulfonamides is 1. The highest BCUT2D eigenvalue weighted by molar-refractivity contribution is 7.89. The number of aromatic nitrogens is 2. The van der Waals surface area contributed by atoms with E-state index >= 15 is 0 Å². The molecule has 2 aromatic carbocycles. The first-order chi connectivity index (χ1) is 16.8. The van der Waals surface area contributed by atoms with Crippen molar-refractivity contribution in [2.45, 2.75) is 31.0 Å². The van der Waals surface area contributed by atoms with Gasteiger partial charge >= 0.3 is 0 Å². The molecule has 2 unspecified atom stereocenters. The van der Waals surface area contributed by atoms with Crippen molar-refractivity contribution in [1.82, 2.24) is 13.7 Å². The van der Waals surface area contributed by atoms with E-state index < -0.39 is 10.0 Å². The summed E-state index contributed by atoms with van der Waals surface area (Å²) in [4.78, 5) is 17.6. The normalized spacial score (nSPS) is 19.0. The maximum atomic E-state index is 13.2. The lowest BCUT2D eigenvalue weighted by atomic mass is 10.1. The van der Waals surface area contributed by atoms with Gasteiger partial charge in [-0.3, -0.25) is 4.79 Å². The van der Waals surface area contributed by atoms with Crippen LogP contribution in [0.3, 0.4) is 0 Å². The second-order valence-corrected chi connectivity index (χ2v) is 10.7. The molecule has 0 radical (unpaired) electrons. The highest BCUT2D eigenvalue weighted by Gasteiger charge is 2.32. The predicted molar refractivity (Wildman–Crippen MR) is 134 cm³/mol. The summed E-state index contributed by atoms with van der Waals surface area (Å²) in [6.45, 7) is 4.26. The molecule has 8 nitrogen and oxygen atoms in total. The monoisotopic (exact) mass is 490 g/mol. The van der Waals surface area contributed by atoms with Gasteiger partial charge in [0.25, 0.3) is 5.91 Å². The van der Waals surface area contributed by atoms with Gasteiger partial charge in [-0.2, -0.15) is 4.31 Å². The van der Waals surface area contributed by atoms with Crippen molar-refractivity contribution < 1.29 is 17.9 Å². The molecule has 1 saturated heterocycles. The van der Waals surface area contributed by atoms with Crippen molar-refractivity contribution in [1.29, 1.82) is 0 Å². The van der Waals surface area contributed by atoms with Crippen LogP contribution in [-0.4, -0.2) is 53.3 Å². The number of nitrogens with zero attached hydrogens (tertiary/aromatic N) is 3. The molecule has 1 N–H and O–H groups in total. The fourth-order valence-corrected chi connectivity index (χ4v) is 5.91. The Bertz CT molecular complexity index is 1440. The second kappa shape index (κ2) is 9.26. The molecule has 4 aromatic rings. The van der Waals surface area contributed by atoms with E-state index in [4.69, 9.17) is 4.74 Å². The number of nitrogens with one attached hydrogen (secondary N) is 1. The molecule has 0 aliphatic carbocycles. The Morgan fingerprint density at radius 1 is 1.00 bits per heavy atom. The van der Waals surface area contributed by atoms with Crippen LogP contribution in [-0.2, 0) is 14.8 Å². The van der Waals surface area contributed by atoms with Crippen LogP contribution in [0.4, 0.5) is 5.69 Å². The van der Waals surface area contributed by atoms with Gasteiger partial charge in [-0.15, -0.1) is 0 Å². The first-order valence-electron chi connectivity index (χ1n) is 11.4. The molecule has 0 bridgehead atoms. The van der Waals surface area contributed by atoms with Crippen molar-refractivity contribution in [3.8, 4) is 11.3 Å². The maximum absolute atomic E-state index is 13.2. The summed E-state index contributed by atoms with van der Waals surface area (Å²) in [5.74, 6) is -0.383. The quantitative estimate of drug-likeness (QED) is 0.456. The minimum atomic E-state index is -3.74. The van der Waals surface area contributed by atoms with Crippen molar-refractivity contribution in [3.63, 3.8) is 0 Å². The third-order valence-corrected chi connectivity index (χ3v) is 7.75. The van der Waals surface area contributed by atoms with Crippen LogP contribution >= 0.6 is 0 Å². The van der Waals surface area contributed by atoms with Gasteiger partial charge in [-0.1, -0.05) is 24.3 Å². The summed E-state index contributed by atoms with van der Waals surface area (Å²) < 4.78 is 35.4. The van der Waals surface area contributed by atoms with Gasteiger partial charge < -0.3 is 14.5 Å². The maximum Gasteiger partial charge on any atom is 0.255 e. The third-order valence-electron chi connectivity index (χ3n) is 5.92. The number of hydrogen-bond acceptors (Lipinski definition) is 5. The number of amides is 1. The van der Waals surface area contributed by atoms with E-state index in [-0.39, 0.29) is 41.7 Å². The molecule has 1 fully saturated rings. The summed E-state index contributed by atoms with van der Waals surface area (Å²) in [6, 6.07) is 19.3. The molecule has 0 saturated carbocycles. The Morgan fingerprint density at radius 3 is 2.46 bits per heavy atom. The summed E-state index contributed by atoms with van der Waals surface area (Å²) >= 11 is 0. The first kappa shape index (κ1) is 23.2. The van der Waals surface area contributed by atoms with Crippen LogP contribution in [0.15, 0.2) is 84.0 Å². The van der Waals surface area contributed by atoms with E-state index in [0.29, 0.717) is 5.69 Å². The largest absolute Gasteiger partial charge is 0.373 e. The Labute approximate surface area is 204 Å². The molecule has 3 heterocycles. The minimum Gasteiger partial charge on any atom is -0.373 e. The molecule has 1 aliphatic heterocycles. The van der Waals surface area contributed by atoms with E-state index in [1.165, 1.54) is 16.4 Å². The van der Waals surface area contributed by atoms with Crippen molar-refractivity contribution in [2.75, 3.05) is 18.4 Å². The number of carbonyl (C=O) groups excluding carboxylic acids is 1. The average Bonchev–Trinajstić information content (AvgIpc) is 3.28. The third kappa shape index (κ3) is 4.84. The number of pyridine rings is 1. The molecule has 1 amide bonds. The number of anilines is 1. The van der Waals surface area contributed by atoms with Crippen LogP contribution in [0.25, 0.3) is 16.9 Å². The van der Waals surface area contributed by atoms with Gasteiger partial charge in [0.15, 0.2) is 0 Å². The molecule has 1 aliphatic rings. The topological polar surface area (TPSA) is 93.0 Å². The summed E-state index contributed by atoms with van der Waals surface area (Å²) in [5, 5.41) is 2.84. The smallest absolute Gasteiger partial charge is 0.255 e. The van der Waals surface area contributed by atoms with Gasteiger partial charge in [0.2, 0.25) is 10.0 Å². The molecular formula is C26H26N4O4S. The van der Waals surface area contributed by atoms with E-state index in [2.05, 4.69) is 10.3 Å². The summed E-state index contributed by atoms with van der Waals surface area (Å²) in [7, 11) is -3.74. The average molecular weight is 491 g/mol. The molecular weight excluding hydrogens is 464 g/mol. The number of carbonyl (C=O) groups is 1. The lowest BCUT2D eigenvalue weighted by Gasteiger charge is -2.34. The lowest BCUT2D eigenvalue weighted by Crippen LogP contribution is -2.48. The molecule has 35 heavy (non-hydrogen) atoms. The molecule has 180 valence electrons. The van der Waals surface area contributed by atoms with Gasteiger partial charge in [-0.05, 0) is 56.3 Å². The van der Waals surface area contributed by atoms with Crippen LogP contribution in [0.1, 0.15) is 24.2 Å². The van der Waals surface area contributed by atoms with Crippen LogP contribution in [0.2, 0.25) is 0 Å². The summed E-state index contributed by atoms with van der Waals surface area (Å²) in [5.41, 5.74) is 3.49. The molecule has 0 spiro atoms. The zero-order chi connectivity index (χ0) is 24.6. The van der Waals surface area contributed by atoms with E-state index in [1.807, 2.05) is 61.0 Å². The van der Waals surface area contributed by atoms with Crippen LogP contribution in [0.5, 0.6) is 0 Å². The highest BCUT2D eigenvalue weighted by Crippen LogP contribution is 2.24. The Balaban J connectivity index is 1.31. The lowest BCUT2D eigenvalue weighted by molar-refractivity contribution is -0.0440. The molecule has 2 aromatic heterocycles. The zero-order valence-electron chi connectivity index (χ0n) is 19.5. The van der Waals surface area contributed by atoms with Gasteiger partial charge in [-0.25, -0.2) is 13.4 Å². The minimum absolute atomic E-state index is 0.0913. The Hall–Kier alpha value is -3.53. The fourth-order valence-electron chi connectivity index (χ4n) is 4.28. The SMILES string of the molecule is CC1CN(S(=O)(=O)c2cccc(C(=O)Nc3ccc(-c4cn5ccccc5n4)cc3)c2)CC(C)O1. The standard InChI is InChI=1S/C26H26N4O4S/c1-18-15-30(16-19(2)34-18)35(32,33)23-7-5-6-21(14-23)26(31)27-22-11-9-20(10-12-22)24-17-29-13-4-3-8-25(29)28-24/h3-14,17-19H,15-16H2,1-2H3,(H,27,31).